The zero-order valence-corrected chi connectivity index (χ0v) is 5.43. The highest BCUT2D eigenvalue weighted by molar-refractivity contribution is 4.90. The number of halogens is 2. The third-order valence-corrected chi connectivity index (χ3v) is 1.08. The van der Waals surface area contributed by atoms with Crippen LogP contribution in [0.4, 0.5) is 8.78 Å². The van der Waals surface area contributed by atoms with Crippen molar-refractivity contribution in [3.63, 3.8) is 0 Å². The van der Waals surface area contributed by atoms with Crippen LogP contribution in [0.25, 0.3) is 0 Å². The molecular weight excluding hydrogens is 140 g/mol. The van der Waals surface area contributed by atoms with Crippen LogP contribution in [0, 0.1) is 0 Å². The lowest BCUT2D eigenvalue weighted by Crippen LogP contribution is -1.86. The molecule has 0 aromatic carbocycles. The van der Waals surface area contributed by atoms with Gasteiger partial charge in [-0.15, -0.1) is 0 Å². The van der Waals surface area contributed by atoms with E-state index < -0.39 is 12.2 Å². The molecule has 3 nitrogen and oxygen atoms in total. The van der Waals surface area contributed by atoms with E-state index in [2.05, 4.69) is 15.2 Å². The van der Waals surface area contributed by atoms with Crippen molar-refractivity contribution in [1.82, 2.24) is 15.2 Å². The topological polar surface area (TPSA) is 41.6 Å². The molecule has 5 heteroatoms. The Kier molecular flexibility index (Phi) is 1.94. The molecule has 0 aliphatic rings. The Balaban J connectivity index is 2.78. The van der Waals surface area contributed by atoms with Crippen LogP contribution in [0.15, 0.2) is 0 Å². The highest BCUT2D eigenvalue weighted by Crippen LogP contribution is 2.12. The van der Waals surface area contributed by atoms with Gasteiger partial charge in [0.05, 0.1) is 0 Å². The third-order valence-electron chi connectivity index (χ3n) is 1.08. The number of hydrogen-bond acceptors (Lipinski definition) is 2. The van der Waals surface area contributed by atoms with Gasteiger partial charge in [0, 0.05) is 6.42 Å². The maximum absolute atomic E-state index is 11.8. The summed E-state index contributed by atoms with van der Waals surface area (Å²) >= 11 is 0. The summed E-state index contributed by atoms with van der Waals surface area (Å²) in [5.74, 6) is 0.0761. The van der Waals surface area contributed by atoms with Gasteiger partial charge in [0.15, 0.2) is 0 Å². The summed E-state index contributed by atoms with van der Waals surface area (Å²) in [6.45, 7) is 1.82. The quantitative estimate of drug-likeness (QED) is 0.685. The summed E-state index contributed by atoms with van der Waals surface area (Å²) in [4.78, 5) is 3.51. The molecule has 0 atom stereocenters. The van der Waals surface area contributed by atoms with E-state index in [1.165, 1.54) is 0 Å². The number of hydrogen-bond donors (Lipinski definition) is 1. The number of alkyl halides is 2. The van der Waals surface area contributed by atoms with Crippen molar-refractivity contribution >= 4 is 0 Å². The average molecular weight is 147 g/mol. The van der Waals surface area contributed by atoms with Gasteiger partial charge in [0.2, 0.25) is 5.82 Å². The number of nitrogens with zero attached hydrogens (tertiary/aromatic N) is 2. The first-order valence-corrected chi connectivity index (χ1v) is 2.93. The maximum atomic E-state index is 11.8. The molecule has 0 aliphatic carbocycles. The van der Waals surface area contributed by atoms with Crippen LogP contribution in [-0.4, -0.2) is 15.2 Å². The number of aromatic nitrogens is 3. The standard InChI is InChI=1S/C5H7F2N3/c1-2-3-8-5(4(6)7)10-9-3/h4H,2H2,1H3,(H,8,9,10). The highest BCUT2D eigenvalue weighted by atomic mass is 19.3. The van der Waals surface area contributed by atoms with Crippen molar-refractivity contribution < 1.29 is 8.78 Å². The molecule has 1 heterocycles. The van der Waals surface area contributed by atoms with E-state index in [9.17, 15) is 8.78 Å². The van der Waals surface area contributed by atoms with E-state index in [0.29, 0.717) is 12.2 Å². The van der Waals surface area contributed by atoms with Gasteiger partial charge >= 0.3 is 0 Å². The molecule has 1 aromatic rings. The van der Waals surface area contributed by atoms with E-state index in [0.717, 1.165) is 0 Å². The largest absolute Gasteiger partial charge is 0.299 e. The molecule has 1 N–H and O–H groups in total. The van der Waals surface area contributed by atoms with Gasteiger partial charge in [0.25, 0.3) is 6.43 Å². The van der Waals surface area contributed by atoms with Gasteiger partial charge in [-0.1, -0.05) is 6.92 Å². The van der Waals surface area contributed by atoms with Crippen LogP contribution in [0.2, 0.25) is 0 Å². The van der Waals surface area contributed by atoms with Gasteiger partial charge in [-0.2, -0.15) is 5.10 Å². The number of nitrogens with one attached hydrogen (secondary N) is 1. The van der Waals surface area contributed by atoms with Crippen molar-refractivity contribution in [3.8, 4) is 0 Å². The van der Waals surface area contributed by atoms with Crippen LogP contribution >= 0.6 is 0 Å². The Morgan fingerprint density at radius 1 is 1.60 bits per heavy atom. The molecular formula is C5H7F2N3. The van der Waals surface area contributed by atoms with Crippen molar-refractivity contribution in [2.75, 3.05) is 0 Å². The zero-order chi connectivity index (χ0) is 7.56. The van der Waals surface area contributed by atoms with E-state index in [4.69, 9.17) is 0 Å². The van der Waals surface area contributed by atoms with Crippen LogP contribution in [0.3, 0.4) is 0 Å². The number of H-pyrrole nitrogens is 1. The number of aryl methyl sites for hydroxylation is 1. The van der Waals surface area contributed by atoms with Crippen LogP contribution in [0.5, 0.6) is 0 Å². The van der Waals surface area contributed by atoms with Crippen molar-refractivity contribution in [2.24, 2.45) is 0 Å². The molecule has 0 saturated heterocycles. The molecule has 0 fully saturated rings. The Morgan fingerprint density at radius 2 is 2.30 bits per heavy atom. The second kappa shape index (κ2) is 2.72. The minimum atomic E-state index is -2.57. The molecule has 1 aromatic heterocycles. The maximum Gasteiger partial charge on any atom is 0.299 e. The third kappa shape index (κ3) is 1.29. The molecule has 0 spiro atoms. The highest BCUT2D eigenvalue weighted by Gasteiger charge is 2.11. The van der Waals surface area contributed by atoms with Crippen molar-refractivity contribution in [1.29, 1.82) is 0 Å². The van der Waals surface area contributed by atoms with Crippen LogP contribution in [-0.2, 0) is 6.42 Å². The van der Waals surface area contributed by atoms with E-state index in [-0.39, 0.29) is 0 Å². The number of rotatable bonds is 2. The second-order valence-corrected chi connectivity index (χ2v) is 1.79. The lowest BCUT2D eigenvalue weighted by Gasteiger charge is -1.85. The molecule has 10 heavy (non-hydrogen) atoms. The first-order chi connectivity index (χ1) is 4.74. The SMILES string of the molecule is CCc1nc(C(F)F)n[nH]1. The molecule has 0 aliphatic heterocycles. The molecule has 0 bridgehead atoms. The van der Waals surface area contributed by atoms with Gasteiger partial charge in [-0.05, 0) is 0 Å². The lowest BCUT2D eigenvalue weighted by atomic mass is 10.5. The Bertz CT molecular complexity index is 208. The fraction of sp³-hybridized carbons (Fsp3) is 0.600. The Labute approximate surface area is 56.5 Å². The van der Waals surface area contributed by atoms with Gasteiger partial charge in [0.1, 0.15) is 5.82 Å². The molecule has 0 radical (unpaired) electrons. The normalized spacial score (nSPS) is 10.8. The fourth-order valence-corrected chi connectivity index (χ4v) is 0.566. The number of aromatic amines is 1. The Morgan fingerprint density at radius 3 is 2.60 bits per heavy atom. The first-order valence-electron chi connectivity index (χ1n) is 2.93. The van der Waals surface area contributed by atoms with Gasteiger partial charge in [-0.25, -0.2) is 13.8 Å². The summed E-state index contributed by atoms with van der Waals surface area (Å²) < 4.78 is 23.5. The van der Waals surface area contributed by atoms with Crippen LogP contribution < -0.4 is 0 Å². The van der Waals surface area contributed by atoms with E-state index >= 15 is 0 Å². The molecule has 0 unspecified atom stereocenters. The predicted octanol–water partition coefficient (Wildman–Crippen LogP) is 1.30. The molecule has 56 valence electrons. The van der Waals surface area contributed by atoms with Crippen molar-refractivity contribution in [2.45, 2.75) is 19.8 Å². The molecule has 1 rings (SSSR count). The zero-order valence-electron chi connectivity index (χ0n) is 5.43. The minimum absolute atomic E-state index is 0.420. The lowest BCUT2D eigenvalue weighted by molar-refractivity contribution is 0.140. The summed E-state index contributed by atoms with van der Waals surface area (Å²) in [6, 6.07) is 0. The van der Waals surface area contributed by atoms with Crippen LogP contribution in [0.1, 0.15) is 25.0 Å². The summed E-state index contributed by atoms with van der Waals surface area (Å²) in [6.07, 6.45) is -1.98. The van der Waals surface area contributed by atoms with E-state index in [1.54, 1.807) is 0 Å². The molecule has 0 saturated carbocycles. The fourth-order valence-electron chi connectivity index (χ4n) is 0.566. The van der Waals surface area contributed by atoms with E-state index in [1.807, 2.05) is 6.92 Å². The smallest absolute Gasteiger partial charge is 0.263 e. The first kappa shape index (κ1) is 7.11. The monoisotopic (exact) mass is 147 g/mol. The average Bonchev–Trinajstić information content (AvgIpc) is 2.34. The summed E-state index contributed by atoms with van der Waals surface area (Å²) in [5, 5.41) is 5.70. The van der Waals surface area contributed by atoms with Gasteiger partial charge in [-0.3, -0.25) is 5.10 Å². The predicted molar refractivity (Wildman–Crippen MR) is 30.7 cm³/mol. The molecule has 0 amide bonds. The summed E-state index contributed by atoms with van der Waals surface area (Å²) in [5.41, 5.74) is 0. The van der Waals surface area contributed by atoms with Gasteiger partial charge < -0.3 is 0 Å². The minimum Gasteiger partial charge on any atom is -0.263 e. The van der Waals surface area contributed by atoms with Crippen molar-refractivity contribution in [3.05, 3.63) is 11.6 Å². The summed E-state index contributed by atoms with van der Waals surface area (Å²) in [7, 11) is 0. The Hall–Kier alpha value is -1.00. The second-order valence-electron chi connectivity index (χ2n) is 1.79.